The maximum Gasteiger partial charge on any atom is 0.252 e. The molecule has 29 heavy (non-hydrogen) atoms. The first kappa shape index (κ1) is 19.1. The molecule has 0 aliphatic heterocycles. The van der Waals surface area contributed by atoms with Crippen LogP contribution in [0.15, 0.2) is 42.7 Å². The number of pyridine rings is 2. The van der Waals surface area contributed by atoms with Gasteiger partial charge < -0.3 is 22.1 Å². The minimum absolute atomic E-state index is 0.0260. The van der Waals surface area contributed by atoms with Crippen molar-refractivity contribution < 1.29 is 9.18 Å². The van der Waals surface area contributed by atoms with E-state index in [1.54, 1.807) is 12.4 Å². The van der Waals surface area contributed by atoms with Crippen molar-refractivity contribution in [2.24, 2.45) is 11.5 Å². The van der Waals surface area contributed by atoms with Gasteiger partial charge in [-0.05, 0) is 36.4 Å². The lowest BCUT2D eigenvalue weighted by Crippen LogP contribution is -2.43. The molecule has 3 aromatic rings. The molecule has 150 valence electrons. The largest absolute Gasteiger partial charge is 0.365 e. The number of rotatable bonds is 5. The molecule has 0 saturated heterocycles. The number of nitrogens with zero attached hydrogens (tertiary/aromatic N) is 2. The average Bonchev–Trinajstić information content (AvgIpc) is 2.72. The summed E-state index contributed by atoms with van der Waals surface area (Å²) < 4.78 is 14.7. The monoisotopic (exact) mass is 394 g/mol. The van der Waals surface area contributed by atoms with E-state index in [1.165, 1.54) is 0 Å². The smallest absolute Gasteiger partial charge is 0.252 e. The van der Waals surface area contributed by atoms with Gasteiger partial charge in [-0.25, -0.2) is 9.37 Å². The predicted octanol–water partition coefficient (Wildman–Crippen LogP) is 3.29. The SMILES string of the molecule is NC(=O)c1cc(F)c(N[C@@H]2CCCC[C@@H]2N)nc1Nc1cccc2ccncc12. The van der Waals surface area contributed by atoms with E-state index in [4.69, 9.17) is 11.5 Å². The van der Waals surface area contributed by atoms with Crippen LogP contribution in [-0.4, -0.2) is 28.0 Å². The van der Waals surface area contributed by atoms with Gasteiger partial charge in [0.05, 0.1) is 5.56 Å². The Morgan fingerprint density at radius 3 is 2.79 bits per heavy atom. The number of primary amides is 1. The lowest BCUT2D eigenvalue weighted by atomic mass is 9.91. The Morgan fingerprint density at radius 2 is 2.00 bits per heavy atom. The normalized spacial score (nSPS) is 19.1. The van der Waals surface area contributed by atoms with Gasteiger partial charge in [0.1, 0.15) is 5.82 Å². The topological polar surface area (TPSA) is 119 Å². The van der Waals surface area contributed by atoms with Crippen LogP contribution in [0.1, 0.15) is 36.0 Å². The fourth-order valence-corrected chi connectivity index (χ4v) is 3.74. The lowest BCUT2D eigenvalue weighted by molar-refractivity contribution is 0.100. The quantitative estimate of drug-likeness (QED) is 0.527. The molecule has 2 heterocycles. The number of carbonyl (C=O) groups excluding carboxylic acids is 1. The van der Waals surface area contributed by atoms with Gasteiger partial charge in [-0.3, -0.25) is 9.78 Å². The van der Waals surface area contributed by atoms with Crippen molar-refractivity contribution in [2.75, 3.05) is 10.6 Å². The van der Waals surface area contributed by atoms with E-state index in [2.05, 4.69) is 20.6 Å². The van der Waals surface area contributed by atoms with E-state index in [0.717, 1.165) is 42.5 Å². The number of nitrogens with one attached hydrogen (secondary N) is 2. The molecule has 6 N–H and O–H groups in total. The van der Waals surface area contributed by atoms with Gasteiger partial charge in [0, 0.05) is 35.6 Å². The Kier molecular flexibility index (Phi) is 5.26. The first-order valence-electron chi connectivity index (χ1n) is 9.65. The molecular formula is C21H23FN6O. The fraction of sp³-hybridized carbons (Fsp3) is 0.286. The van der Waals surface area contributed by atoms with Crippen LogP contribution in [-0.2, 0) is 0 Å². The number of fused-ring (bicyclic) bond motifs is 1. The van der Waals surface area contributed by atoms with Crippen LogP contribution in [0, 0.1) is 5.82 Å². The van der Waals surface area contributed by atoms with Gasteiger partial charge >= 0.3 is 0 Å². The zero-order chi connectivity index (χ0) is 20.4. The van der Waals surface area contributed by atoms with E-state index in [9.17, 15) is 9.18 Å². The third-order valence-electron chi connectivity index (χ3n) is 5.32. The molecule has 0 radical (unpaired) electrons. The lowest BCUT2D eigenvalue weighted by Gasteiger charge is -2.30. The highest BCUT2D eigenvalue weighted by Gasteiger charge is 2.24. The second-order valence-corrected chi connectivity index (χ2v) is 7.31. The maximum atomic E-state index is 14.7. The fourth-order valence-electron chi connectivity index (χ4n) is 3.74. The van der Waals surface area contributed by atoms with Gasteiger partial charge in [0.25, 0.3) is 5.91 Å². The van der Waals surface area contributed by atoms with Gasteiger partial charge in [0.15, 0.2) is 11.6 Å². The van der Waals surface area contributed by atoms with Gasteiger partial charge in [-0.2, -0.15) is 0 Å². The first-order chi connectivity index (χ1) is 14.0. The summed E-state index contributed by atoms with van der Waals surface area (Å²) in [7, 11) is 0. The van der Waals surface area contributed by atoms with Crippen molar-refractivity contribution in [3.05, 3.63) is 54.1 Å². The molecule has 1 fully saturated rings. The van der Waals surface area contributed by atoms with E-state index in [0.29, 0.717) is 5.69 Å². The molecule has 0 unspecified atom stereocenters. The van der Waals surface area contributed by atoms with E-state index < -0.39 is 11.7 Å². The maximum absolute atomic E-state index is 14.7. The van der Waals surface area contributed by atoms with Crippen LogP contribution >= 0.6 is 0 Å². The van der Waals surface area contributed by atoms with E-state index >= 15 is 0 Å². The Morgan fingerprint density at radius 1 is 1.17 bits per heavy atom. The van der Waals surface area contributed by atoms with Crippen molar-refractivity contribution in [3.63, 3.8) is 0 Å². The first-order valence-corrected chi connectivity index (χ1v) is 9.65. The Hall–Kier alpha value is -3.26. The van der Waals surface area contributed by atoms with Crippen LogP contribution in [0.3, 0.4) is 0 Å². The van der Waals surface area contributed by atoms with Crippen LogP contribution in [0.4, 0.5) is 21.7 Å². The van der Waals surface area contributed by atoms with Crippen LogP contribution in [0.2, 0.25) is 0 Å². The third-order valence-corrected chi connectivity index (χ3v) is 5.32. The molecule has 7 nitrogen and oxygen atoms in total. The number of amides is 1. The number of halogens is 1. The van der Waals surface area contributed by atoms with Gasteiger partial charge in [-0.1, -0.05) is 25.0 Å². The van der Waals surface area contributed by atoms with E-state index in [1.807, 2.05) is 24.3 Å². The summed E-state index contributed by atoms with van der Waals surface area (Å²) in [4.78, 5) is 20.4. The summed E-state index contributed by atoms with van der Waals surface area (Å²) in [6.07, 6.45) is 7.24. The molecule has 1 aliphatic carbocycles. The molecule has 4 rings (SSSR count). The molecule has 2 atom stereocenters. The summed E-state index contributed by atoms with van der Waals surface area (Å²) in [6.45, 7) is 0. The molecule has 0 spiro atoms. The number of aromatic nitrogens is 2. The molecule has 0 bridgehead atoms. The molecule has 1 aliphatic rings. The van der Waals surface area contributed by atoms with Crippen molar-refractivity contribution in [1.29, 1.82) is 0 Å². The minimum atomic E-state index is -0.766. The van der Waals surface area contributed by atoms with Crippen LogP contribution in [0.25, 0.3) is 10.8 Å². The number of nitrogens with two attached hydrogens (primary N) is 2. The minimum Gasteiger partial charge on any atom is -0.365 e. The van der Waals surface area contributed by atoms with Gasteiger partial charge in [0.2, 0.25) is 0 Å². The molecule has 1 saturated carbocycles. The molecular weight excluding hydrogens is 371 g/mol. The second kappa shape index (κ2) is 8.00. The van der Waals surface area contributed by atoms with Crippen LogP contribution < -0.4 is 22.1 Å². The zero-order valence-corrected chi connectivity index (χ0v) is 15.9. The summed E-state index contributed by atoms with van der Waals surface area (Å²) in [6, 6.07) is 8.51. The third kappa shape index (κ3) is 3.97. The predicted molar refractivity (Wildman–Crippen MR) is 112 cm³/mol. The van der Waals surface area contributed by atoms with Crippen LogP contribution in [0.5, 0.6) is 0 Å². The number of benzene rings is 1. The van der Waals surface area contributed by atoms with Crippen molar-refractivity contribution in [3.8, 4) is 0 Å². The average molecular weight is 394 g/mol. The van der Waals surface area contributed by atoms with Crippen molar-refractivity contribution >= 4 is 34.0 Å². The Bertz CT molecular complexity index is 1050. The van der Waals surface area contributed by atoms with Crippen molar-refractivity contribution in [1.82, 2.24) is 9.97 Å². The summed E-state index contributed by atoms with van der Waals surface area (Å²) in [5.74, 6) is -1.17. The second-order valence-electron chi connectivity index (χ2n) is 7.31. The standard InChI is InChI=1S/C21H23FN6O/c22-15-10-13(19(24)29)20(28-21(15)27-18-6-2-1-5-16(18)23)26-17-7-3-4-12-8-9-25-11-14(12)17/h3-4,7-11,16,18H,1-2,5-6,23H2,(H2,24,29)(H2,26,27,28)/t16-,18+/m0/s1. The molecule has 1 aromatic carbocycles. The van der Waals surface area contributed by atoms with Crippen molar-refractivity contribution in [2.45, 2.75) is 37.8 Å². The summed E-state index contributed by atoms with van der Waals surface area (Å²) >= 11 is 0. The molecule has 8 heteroatoms. The zero-order valence-electron chi connectivity index (χ0n) is 15.9. The number of hydrogen-bond donors (Lipinski definition) is 4. The summed E-state index contributed by atoms with van der Waals surface area (Å²) in [5, 5.41) is 8.05. The number of anilines is 3. The molecule has 2 aromatic heterocycles. The highest BCUT2D eigenvalue weighted by atomic mass is 19.1. The highest BCUT2D eigenvalue weighted by molar-refractivity contribution is 6.01. The number of carbonyl (C=O) groups is 1. The number of hydrogen-bond acceptors (Lipinski definition) is 6. The Balaban J connectivity index is 1.72. The Labute approximate surface area is 167 Å². The highest BCUT2D eigenvalue weighted by Crippen LogP contribution is 2.29. The summed E-state index contributed by atoms with van der Waals surface area (Å²) in [5.41, 5.74) is 12.3. The van der Waals surface area contributed by atoms with Gasteiger partial charge in [-0.15, -0.1) is 0 Å². The van der Waals surface area contributed by atoms with E-state index in [-0.39, 0.29) is 29.3 Å². The molecule has 1 amide bonds.